The summed E-state index contributed by atoms with van der Waals surface area (Å²) in [6.45, 7) is 2.09. The predicted octanol–water partition coefficient (Wildman–Crippen LogP) is 0.603. The summed E-state index contributed by atoms with van der Waals surface area (Å²) in [7, 11) is -1.50. The van der Waals surface area contributed by atoms with Crippen molar-refractivity contribution in [1.29, 1.82) is 0 Å². The van der Waals surface area contributed by atoms with Crippen LogP contribution >= 0.6 is 0 Å². The zero-order chi connectivity index (χ0) is 15.7. The van der Waals surface area contributed by atoms with Crippen molar-refractivity contribution in [1.82, 2.24) is 9.29 Å². The van der Waals surface area contributed by atoms with Gasteiger partial charge in [-0.2, -0.15) is 0 Å². The van der Waals surface area contributed by atoms with Crippen molar-refractivity contribution < 1.29 is 13.7 Å². The average Bonchev–Trinajstić information content (AvgIpc) is 2.93. The molecule has 1 aromatic carbocycles. The second-order valence-corrected chi connectivity index (χ2v) is 6.31. The first-order valence-corrected chi connectivity index (χ1v) is 7.89. The van der Waals surface area contributed by atoms with E-state index in [9.17, 15) is 9.00 Å². The van der Waals surface area contributed by atoms with Crippen LogP contribution in [-0.2, 0) is 15.7 Å². The van der Waals surface area contributed by atoms with Gasteiger partial charge >= 0.3 is 0 Å². The Morgan fingerprint density at radius 1 is 1.41 bits per heavy atom. The first-order chi connectivity index (χ1) is 10.6. The lowest BCUT2D eigenvalue weighted by Gasteiger charge is -2.25. The normalized spacial score (nSPS) is 17.2. The lowest BCUT2D eigenvalue weighted by molar-refractivity contribution is 0.0752. The number of carbonyl (C=O) groups is 1. The summed E-state index contributed by atoms with van der Waals surface area (Å²) in [5.41, 5.74) is 6.93. The molecule has 0 bridgehead atoms. The van der Waals surface area contributed by atoms with Gasteiger partial charge in [-0.1, -0.05) is 5.92 Å². The largest absolute Gasteiger partial charge is 0.379 e. The average molecular weight is 317 g/mol. The van der Waals surface area contributed by atoms with Gasteiger partial charge in [-0.3, -0.25) is 4.79 Å². The molecule has 1 aliphatic rings. The number of nitrogens with zero attached hydrogens (tertiary/aromatic N) is 1. The van der Waals surface area contributed by atoms with Gasteiger partial charge in [0.15, 0.2) is 0 Å². The summed E-state index contributed by atoms with van der Waals surface area (Å²) >= 11 is 0. The zero-order valence-corrected chi connectivity index (χ0v) is 12.6. The van der Waals surface area contributed by atoms with Crippen molar-refractivity contribution in [3.63, 3.8) is 0 Å². The highest BCUT2D eigenvalue weighted by Crippen LogP contribution is 2.28. The van der Waals surface area contributed by atoms with Crippen LogP contribution in [0.15, 0.2) is 23.1 Å². The van der Waals surface area contributed by atoms with E-state index in [1.54, 1.807) is 22.5 Å². The number of rotatable bonds is 3. The third-order valence-corrected chi connectivity index (χ3v) is 5.15. The fourth-order valence-electron chi connectivity index (χ4n) is 2.45. The molecule has 0 radical (unpaired) electrons. The predicted molar refractivity (Wildman–Crippen MR) is 83.6 cm³/mol. The zero-order valence-electron chi connectivity index (χ0n) is 11.8. The minimum atomic E-state index is -1.50. The fraction of sp³-hybridized carbons (Fsp3) is 0.267. The van der Waals surface area contributed by atoms with Gasteiger partial charge in [0.2, 0.25) is 0 Å². The number of benzene rings is 1. The molecule has 7 heteroatoms. The minimum Gasteiger partial charge on any atom is -0.379 e. The Kier molecular flexibility index (Phi) is 3.98. The number of aromatic amines is 1. The molecule has 1 aromatic heterocycles. The maximum Gasteiger partial charge on any atom is 0.266 e. The Labute approximate surface area is 130 Å². The first kappa shape index (κ1) is 14.8. The Hall–Kier alpha value is -2.14. The Morgan fingerprint density at radius 3 is 2.77 bits per heavy atom. The van der Waals surface area contributed by atoms with Crippen LogP contribution in [0.25, 0.3) is 10.9 Å². The number of carbonyl (C=O) groups excluding carboxylic acids is 1. The highest BCUT2D eigenvalue weighted by molar-refractivity contribution is 7.83. The highest BCUT2D eigenvalue weighted by Gasteiger charge is 2.26. The maximum absolute atomic E-state index is 12.9. The van der Waals surface area contributed by atoms with E-state index in [1.165, 1.54) is 0 Å². The SMILES string of the molecule is C#Cc1ccc2[nH]c(C(N)=O)c(S(=O)N3CCOCC3)c2c1. The number of hydrogen-bond donors (Lipinski definition) is 2. The van der Waals surface area contributed by atoms with E-state index in [0.29, 0.717) is 47.7 Å². The summed E-state index contributed by atoms with van der Waals surface area (Å²) in [6.07, 6.45) is 5.42. The van der Waals surface area contributed by atoms with Gasteiger partial charge in [-0.25, -0.2) is 8.51 Å². The van der Waals surface area contributed by atoms with Crippen LogP contribution < -0.4 is 5.73 Å². The summed E-state index contributed by atoms with van der Waals surface area (Å²) in [5, 5.41) is 0.661. The molecule has 0 saturated carbocycles. The van der Waals surface area contributed by atoms with Crippen LogP contribution in [0.2, 0.25) is 0 Å². The third kappa shape index (κ3) is 2.52. The minimum absolute atomic E-state index is 0.161. The van der Waals surface area contributed by atoms with E-state index in [2.05, 4.69) is 10.9 Å². The van der Waals surface area contributed by atoms with Crippen LogP contribution in [0.1, 0.15) is 16.1 Å². The van der Waals surface area contributed by atoms with Crippen LogP contribution in [-0.4, -0.2) is 45.7 Å². The van der Waals surface area contributed by atoms with Crippen molar-refractivity contribution >= 4 is 27.8 Å². The van der Waals surface area contributed by atoms with E-state index in [4.69, 9.17) is 16.9 Å². The van der Waals surface area contributed by atoms with Gasteiger partial charge in [0, 0.05) is 29.6 Å². The fourth-order valence-corrected chi connectivity index (χ4v) is 3.88. The summed E-state index contributed by atoms with van der Waals surface area (Å²) < 4.78 is 19.9. The smallest absolute Gasteiger partial charge is 0.266 e. The van der Waals surface area contributed by atoms with Gasteiger partial charge in [0.1, 0.15) is 16.7 Å². The molecular formula is C15H15N3O3S. The molecule has 1 saturated heterocycles. The number of nitrogens with one attached hydrogen (secondary N) is 1. The molecule has 3 N–H and O–H groups in total. The van der Waals surface area contributed by atoms with E-state index < -0.39 is 16.9 Å². The van der Waals surface area contributed by atoms with E-state index in [-0.39, 0.29) is 5.69 Å². The maximum atomic E-state index is 12.9. The first-order valence-electron chi connectivity index (χ1n) is 6.78. The Morgan fingerprint density at radius 2 is 2.14 bits per heavy atom. The third-order valence-electron chi connectivity index (χ3n) is 3.54. The van der Waals surface area contributed by atoms with Crippen molar-refractivity contribution in [2.24, 2.45) is 5.73 Å². The molecular weight excluding hydrogens is 302 g/mol. The number of amides is 1. The second-order valence-electron chi connectivity index (χ2n) is 4.89. The van der Waals surface area contributed by atoms with Crippen molar-refractivity contribution in [3.05, 3.63) is 29.5 Å². The van der Waals surface area contributed by atoms with E-state index in [0.717, 1.165) is 0 Å². The summed E-state index contributed by atoms with van der Waals surface area (Å²) in [6, 6.07) is 5.26. The second kappa shape index (κ2) is 5.93. The van der Waals surface area contributed by atoms with Crippen LogP contribution in [0.4, 0.5) is 0 Å². The topological polar surface area (TPSA) is 88.4 Å². The number of aromatic nitrogens is 1. The number of H-pyrrole nitrogens is 1. The van der Waals surface area contributed by atoms with E-state index in [1.807, 2.05) is 0 Å². The van der Waals surface area contributed by atoms with Gasteiger partial charge in [-0.15, -0.1) is 6.42 Å². The molecule has 22 heavy (non-hydrogen) atoms. The molecule has 6 nitrogen and oxygen atoms in total. The molecule has 1 aliphatic heterocycles. The molecule has 3 rings (SSSR count). The standard InChI is InChI=1S/C15H15N3O3S/c1-2-10-3-4-12-11(9-10)14(13(17-12)15(16)19)22(20)18-5-7-21-8-6-18/h1,3-4,9,17H,5-8H2,(H2,16,19). The summed E-state index contributed by atoms with van der Waals surface area (Å²) in [5.74, 6) is 1.90. The number of ether oxygens (including phenoxy) is 1. The van der Waals surface area contributed by atoms with E-state index >= 15 is 0 Å². The molecule has 1 atom stereocenters. The van der Waals surface area contributed by atoms with Gasteiger partial charge in [0.25, 0.3) is 5.91 Å². The van der Waals surface area contributed by atoms with Gasteiger partial charge < -0.3 is 15.5 Å². The lowest BCUT2D eigenvalue weighted by Crippen LogP contribution is -2.38. The number of hydrogen-bond acceptors (Lipinski definition) is 3. The molecule has 2 heterocycles. The monoisotopic (exact) mass is 317 g/mol. The quantitative estimate of drug-likeness (QED) is 0.813. The molecule has 0 spiro atoms. The molecule has 1 unspecified atom stereocenters. The number of nitrogens with two attached hydrogens (primary N) is 1. The Bertz CT molecular complexity index is 800. The van der Waals surface area contributed by atoms with Crippen LogP contribution in [0, 0.1) is 12.3 Å². The number of morpholine rings is 1. The number of terminal acetylenes is 1. The highest BCUT2D eigenvalue weighted by atomic mass is 32.2. The number of primary amides is 1. The lowest BCUT2D eigenvalue weighted by atomic mass is 10.1. The van der Waals surface area contributed by atoms with Gasteiger partial charge in [0.05, 0.1) is 18.1 Å². The molecule has 1 amide bonds. The van der Waals surface area contributed by atoms with Gasteiger partial charge in [-0.05, 0) is 18.2 Å². The number of fused-ring (bicyclic) bond motifs is 1. The van der Waals surface area contributed by atoms with Crippen molar-refractivity contribution in [2.75, 3.05) is 26.3 Å². The van der Waals surface area contributed by atoms with Crippen molar-refractivity contribution in [2.45, 2.75) is 4.90 Å². The molecule has 114 valence electrons. The van der Waals surface area contributed by atoms with Crippen LogP contribution in [0.5, 0.6) is 0 Å². The molecule has 0 aliphatic carbocycles. The molecule has 1 fully saturated rings. The van der Waals surface area contributed by atoms with Crippen molar-refractivity contribution in [3.8, 4) is 12.3 Å². The molecule has 2 aromatic rings. The Balaban J connectivity index is 2.16. The summed E-state index contributed by atoms with van der Waals surface area (Å²) in [4.78, 5) is 15.0. The van der Waals surface area contributed by atoms with Crippen LogP contribution in [0.3, 0.4) is 0 Å².